The molecule has 0 radical (unpaired) electrons. The Morgan fingerprint density at radius 3 is 2.80 bits per heavy atom. The maximum absolute atomic E-state index is 11.0. The molecule has 0 aliphatic carbocycles. The lowest BCUT2D eigenvalue weighted by Crippen LogP contribution is -2.40. The van der Waals surface area contributed by atoms with Gasteiger partial charge in [0.2, 0.25) is 5.91 Å². The van der Waals surface area contributed by atoms with Crippen molar-refractivity contribution in [3.05, 3.63) is 35.4 Å². The van der Waals surface area contributed by atoms with E-state index in [0.717, 1.165) is 6.42 Å². The highest BCUT2D eigenvalue weighted by Crippen LogP contribution is 2.04. The van der Waals surface area contributed by atoms with Crippen LogP contribution in [0.2, 0.25) is 0 Å². The fourth-order valence-corrected chi connectivity index (χ4v) is 1.51. The minimum Gasteiger partial charge on any atom is -0.368 e. The monoisotopic (exact) mass is 206 g/mol. The van der Waals surface area contributed by atoms with Crippen molar-refractivity contribution in [2.45, 2.75) is 32.9 Å². The van der Waals surface area contributed by atoms with Gasteiger partial charge in [-0.3, -0.25) is 4.79 Å². The van der Waals surface area contributed by atoms with E-state index >= 15 is 0 Å². The first kappa shape index (κ1) is 11.7. The van der Waals surface area contributed by atoms with E-state index < -0.39 is 0 Å². The molecule has 0 aliphatic rings. The van der Waals surface area contributed by atoms with Gasteiger partial charge in [-0.25, -0.2) is 0 Å². The minimum atomic E-state index is -0.287. The molecule has 1 aromatic rings. The molecule has 1 unspecified atom stereocenters. The van der Waals surface area contributed by atoms with Gasteiger partial charge in [-0.15, -0.1) is 0 Å². The summed E-state index contributed by atoms with van der Waals surface area (Å²) >= 11 is 0. The van der Waals surface area contributed by atoms with Gasteiger partial charge in [0.05, 0.1) is 6.04 Å². The van der Waals surface area contributed by atoms with Crippen LogP contribution >= 0.6 is 0 Å². The second-order valence-electron chi connectivity index (χ2n) is 3.73. The highest BCUT2D eigenvalue weighted by molar-refractivity contribution is 5.79. The van der Waals surface area contributed by atoms with Crippen molar-refractivity contribution >= 4 is 5.91 Å². The van der Waals surface area contributed by atoms with E-state index in [2.05, 4.69) is 24.4 Å². The number of primary amides is 1. The smallest absolute Gasteiger partial charge is 0.234 e. The molecule has 0 saturated heterocycles. The third kappa shape index (κ3) is 3.72. The van der Waals surface area contributed by atoms with Gasteiger partial charge < -0.3 is 11.1 Å². The fourth-order valence-electron chi connectivity index (χ4n) is 1.51. The second kappa shape index (κ2) is 5.51. The number of benzene rings is 1. The highest BCUT2D eigenvalue weighted by atomic mass is 16.1. The molecule has 0 heterocycles. The summed E-state index contributed by atoms with van der Waals surface area (Å²) < 4.78 is 0. The molecule has 0 spiro atoms. The first-order chi connectivity index (χ1) is 7.13. The van der Waals surface area contributed by atoms with Crippen LogP contribution in [-0.2, 0) is 11.3 Å². The number of hydrogen-bond donors (Lipinski definition) is 2. The van der Waals surface area contributed by atoms with Gasteiger partial charge in [-0.05, 0) is 18.9 Å². The largest absolute Gasteiger partial charge is 0.368 e. The Bertz CT molecular complexity index is 336. The van der Waals surface area contributed by atoms with Crippen molar-refractivity contribution in [3.63, 3.8) is 0 Å². The normalized spacial score (nSPS) is 12.4. The van der Waals surface area contributed by atoms with Crippen molar-refractivity contribution in [3.8, 4) is 0 Å². The summed E-state index contributed by atoms with van der Waals surface area (Å²) in [6, 6.07) is 7.96. The first-order valence-electron chi connectivity index (χ1n) is 5.21. The predicted molar refractivity (Wildman–Crippen MR) is 61.3 cm³/mol. The maximum Gasteiger partial charge on any atom is 0.234 e. The van der Waals surface area contributed by atoms with Crippen molar-refractivity contribution < 1.29 is 4.79 Å². The molecular formula is C12H18N2O. The molecule has 0 bridgehead atoms. The molecule has 1 rings (SSSR count). The summed E-state index contributed by atoms with van der Waals surface area (Å²) in [7, 11) is 0. The summed E-state index contributed by atoms with van der Waals surface area (Å²) in [5.41, 5.74) is 7.64. The molecule has 1 aromatic carbocycles. The van der Waals surface area contributed by atoms with Crippen LogP contribution in [0.3, 0.4) is 0 Å². The Hall–Kier alpha value is -1.35. The zero-order chi connectivity index (χ0) is 11.3. The number of amides is 1. The molecule has 0 fully saturated rings. The first-order valence-corrected chi connectivity index (χ1v) is 5.21. The fraction of sp³-hybridized carbons (Fsp3) is 0.417. The Kier molecular flexibility index (Phi) is 4.31. The standard InChI is InChI=1S/C12H18N2O/c1-3-11(12(13)15)14-8-10-6-4-5-9(2)7-10/h4-7,11,14H,3,8H2,1-2H3,(H2,13,15). The van der Waals surface area contributed by atoms with Crippen LogP contribution in [0.1, 0.15) is 24.5 Å². The lowest BCUT2D eigenvalue weighted by Gasteiger charge is -2.13. The van der Waals surface area contributed by atoms with Crippen LogP contribution in [0.15, 0.2) is 24.3 Å². The van der Waals surface area contributed by atoms with Crippen molar-refractivity contribution in [2.75, 3.05) is 0 Å². The van der Waals surface area contributed by atoms with Crippen LogP contribution in [0.4, 0.5) is 0 Å². The Morgan fingerprint density at radius 1 is 1.53 bits per heavy atom. The third-order valence-electron chi connectivity index (χ3n) is 2.39. The molecule has 3 heteroatoms. The number of aryl methyl sites for hydroxylation is 1. The van der Waals surface area contributed by atoms with Crippen LogP contribution in [0, 0.1) is 6.92 Å². The van der Waals surface area contributed by atoms with Crippen LogP contribution in [-0.4, -0.2) is 11.9 Å². The predicted octanol–water partition coefficient (Wildman–Crippen LogP) is 1.35. The molecule has 1 atom stereocenters. The molecule has 0 saturated carbocycles. The number of carbonyl (C=O) groups is 1. The zero-order valence-corrected chi connectivity index (χ0v) is 9.29. The molecule has 1 amide bonds. The molecular weight excluding hydrogens is 188 g/mol. The van der Waals surface area contributed by atoms with E-state index in [1.165, 1.54) is 11.1 Å². The minimum absolute atomic E-state index is 0.231. The third-order valence-corrected chi connectivity index (χ3v) is 2.39. The summed E-state index contributed by atoms with van der Waals surface area (Å²) in [6.07, 6.45) is 0.723. The average molecular weight is 206 g/mol. The number of nitrogens with one attached hydrogen (secondary N) is 1. The van der Waals surface area contributed by atoms with E-state index in [4.69, 9.17) is 5.73 Å². The van der Waals surface area contributed by atoms with Crippen LogP contribution in [0.25, 0.3) is 0 Å². The average Bonchev–Trinajstić information content (AvgIpc) is 2.18. The maximum atomic E-state index is 11.0. The number of nitrogens with two attached hydrogens (primary N) is 1. The Balaban J connectivity index is 2.52. The van der Waals surface area contributed by atoms with E-state index in [1.54, 1.807) is 0 Å². The Morgan fingerprint density at radius 2 is 2.27 bits per heavy atom. The second-order valence-corrected chi connectivity index (χ2v) is 3.73. The quantitative estimate of drug-likeness (QED) is 0.764. The van der Waals surface area contributed by atoms with E-state index in [0.29, 0.717) is 6.54 Å². The van der Waals surface area contributed by atoms with Gasteiger partial charge in [0.1, 0.15) is 0 Å². The van der Waals surface area contributed by atoms with E-state index in [-0.39, 0.29) is 11.9 Å². The lowest BCUT2D eigenvalue weighted by atomic mass is 10.1. The number of hydrogen-bond acceptors (Lipinski definition) is 2. The number of rotatable bonds is 5. The Labute approximate surface area is 90.7 Å². The van der Waals surface area contributed by atoms with Gasteiger partial charge in [0, 0.05) is 6.54 Å². The van der Waals surface area contributed by atoms with E-state index in [1.807, 2.05) is 19.1 Å². The topological polar surface area (TPSA) is 55.1 Å². The van der Waals surface area contributed by atoms with Gasteiger partial charge >= 0.3 is 0 Å². The molecule has 3 N–H and O–H groups in total. The summed E-state index contributed by atoms with van der Waals surface area (Å²) in [5, 5.41) is 3.14. The highest BCUT2D eigenvalue weighted by Gasteiger charge is 2.10. The van der Waals surface area contributed by atoms with E-state index in [9.17, 15) is 4.79 Å². The molecule has 0 aromatic heterocycles. The molecule has 0 aliphatic heterocycles. The lowest BCUT2D eigenvalue weighted by molar-refractivity contribution is -0.120. The van der Waals surface area contributed by atoms with Gasteiger partial charge in [0.25, 0.3) is 0 Å². The van der Waals surface area contributed by atoms with Crippen molar-refractivity contribution in [2.24, 2.45) is 5.73 Å². The number of carbonyl (C=O) groups excluding carboxylic acids is 1. The van der Waals surface area contributed by atoms with Crippen LogP contribution in [0.5, 0.6) is 0 Å². The summed E-state index contributed by atoms with van der Waals surface area (Å²) in [5.74, 6) is -0.287. The van der Waals surface area contributed by atoms with Crippen LogP contribution < -0.4 is 11.1 Å². The van der Waals surface area contributed by atoms with Gasteiger partial charge in [-0.1, -0.05) is 36.8 Å². The molecule has 15 heavy (non-hydrogen) atoms. The summed E-state index contributed by atoms with van der Waals surface area (Å²) in [4.78, 5) is 11.0. The zero-order valence-electron chi connectivity index (χ0n) is 9.29. The van der Waals surface area contributed by atoms with Gasteiger partial charge in [-0.2, -0.15) is 0 Å². The van der Waals surface area contributed by atoms with Crippen molar-refractivity contribution in [1.82, 2.24) is 5.32 Å². The van der Waals surface area contributed by atoms with Gasteiger partial charge in [0.15, 0.2) is 0 Å². The molecule has 82 valence electrons. The SMILES string of the molecule is CCC(NCc1cccc(C)c1)C(N)=O. The summed E-state index contributed by atoms with van der Waals surface area (Å²) in [6.45, 7) is 4.68. The van der Waals surface area contributed by atoms with Crippen molar-refractivity contribution in [1.29, 1.82) is 0 Å². The molecule has 3 nitrogen and oxygen atoms in total.